The van der Waals surface area contributed by atoms with Gasteiger partial charge in [0.2, 0.25) is 0 Å². The predicted molar refractivity (Wildman–Crippen MR) is 75.4 cm³/mol. The SMILES string of the molecule is Cc1cccc(Nc2cc(C(=O)O)c(Cl)cn2)c1C#N. The zero-order chi connectivity index (χ0) is 14.7. The molecule has 0 aliphatic rings. The largest absolute Gasteiger partial charge is 0.478 e. The van der Waals surface area contributed by atoms with Gasteiger partial charge in [-0.25, -0.2) is 9.78 Å². The van der Waals surface area contributed by atoms with Crippen LogP contribution in [0.4, 0.5) is 11.5 Å². The maximum atomic E-state index is 11.0. The van der Waals surface area contributed by atoms with E-state index in [0.29, 0.717) is 17.1 Å². The molecule has 0 unspecified atom stereocenters. The van der Waals surface area contributed by atoms with E-state index in [1.165, 1.54) is 12.3 Å². The van der Waals surface area contributed by atoms with Gasteiger partial charge in [0.1, 0.15) is 11.9 Å². The number of carboxylic acids is 1. The van der Waals surface area contributed by atoms with Crippen molar-refractivity contribution < 1.29 is 9.90 Å². The Hall–Kier alpha value is -2.58. The second kappa shape index (κ2) is 5.59. The van der Waals surface area contributed by atoms with Gasteiger partial charge in [-0.2, -0.15) is 5.26 Å². The van der Waals surface area contributed by atoms with Crippen LogP contribution in [0.5, 0.6) is 0 Å². The van der Waals surface area contributed by atoms with E-state index in [9.17, 15) is 4.79 Å². The van der Waals surface area contributed by atoms with Crippen molar-refractivity contribution in [3.63, 3.8) is 0 Å². The highest BCUT2D eigenvalue weighted by Crippen LogP contribution is 2.24. The van der Waals surface area contributed by atoms with Crippen LogP contribution in [0, 0.1) is 18.3 Å². The van der Waals surface area contributed by atoms with E-state index in [-0.39, 0.29) is 10.6 Å². The van der Waals surface area contributed by atoms with E-state index in [2.05, 4.69) is 16.4 Å². The van der Waals surface area contributed by atoms with Crippen molar-refractivity contribution in [3.05, 3.63) is 52.2 Å². The molecule has 0 spiro atoms. The van der Waals surface area contributed by atoms with Gasteiger partial charge >= 0.3 is 5.97 Å². The van der Waals surface area contributed by atoms with Crippen LogP contribution in [-0.4, -0.2) is 16.1 Å². The summed E-state index contributed by atoms with van der Waals surface area (Å²) >= 11 is 5.75. The van der Waals surface area contributed by atoms with Crippen molar-refractivity contribution in [2.75, 3.05) is 5.32 Å². The van der Waals surface area contributed by atoms with Crippen molar-refractivity contribution in [1.29, 1.82) is 5.26 Å². The number of anilines is 2. The molecule has 2 rings (SSSR count). The lowest BCUT2D eigenvalue weighted by Gasteiger charge is -2.10. The number of halogens is 1. The highest BCUT2D eigenvalue weighted by Gasteiger charge is 2.12. The van der Waals surface area contributed by atoms with Crippen LogP contribution in [0.2, 0.25) is 5.02 Å². The van der Waals surface area contributed by atoms with E-state index < -0.39 is 5.97 Å². The summed E-state index contributed by atoms with van der Waals surface area (Å²) < 4.78 is 0. The van der Waals surface area contributed by atoms with Crippen LogP contribution in [0.1, 0.15) is 21.5 Å². The number of nitrogens with one attached hydrogen (secondary N) is 1. The first-order chi connectivity index (χ1) is 9.52. The minimum absolute atomic E-state index is 0.0460. The van der Waals surface area contributed by atoms with Crippen LogP contribution in [0.15, 0.2) is 30.5 Å². The summed E-state index contributed by atoms with van der Waals surface area (Å²) in [5.41, 5.74) is 1.83. The Morgan fingerprint density at radius 3 is 2.90 bits per heavy atom. The smallest absolute Gasteiger partial charge is 0.337 e. The molecule has 1 heterocycles. The zero-order valence-corrected chi connectivity index (χ0v) is 11.3. The summed E-state index contributed by atoms with van der Waals surface area (Å²) in [5.74, 6) is -0.820. The molecule has 0 radical (unpaired) electrons. The monoisotopic (exact) mass is 287 g/mol. The molecule has 0 amide bonds. The average molecular weight is 288 g/mol. The van der Waals surface area contributed by atoms with Gasteiger partial charge in [0.05, 0.1) is 21.8 Å². The van der Waals surface area contributed by atoms with Crippen molar-refractivity contribution in [3.8, 4) is 6.07 Å². The lowest BCUT2D eigenvalue weighted by atomic mass is 10.1. The molecular formula is C14H10ClN3O2. The molecule has 0 saturated heterocycles. The minimum Gasteiger partial charge on any atom is -0.478 e. The first-order valence-corrected chi connectivity index (χ1v) is 6.06. The van der Waals surface area contributed by atoms with E-state index in [0.717, 1.165) is 5.56 Å². The minimum atomic E-state index is -1.13. The molecule has 1 aromatic heterocycles. The lowest BCUT2D eigenvalue weighted by molar-refractivity contribution is 0.0697. The molecular weight excluding hydrogens is 278 g/mol. The van der Waals surface area contributed by atoms with Gasteiger partial charge in [0, 0.05) is 6.20 Å². The number of aryl methyl sites for hydroxylation is 1. The van der Waals surface area contributed by atoms with Gasteiger partial charge in [-0.15, -0.1) is 0 Å². The molecule has 0 fully saturated rings. The van der Waals surface area contributed by atoms with Crippen molar-refractivity contribution in [2.45, 2.75) is 6.92 Å². The molecule has 5 nitrogen and oxygen atoms in total. The molecule has 20 heavy (non-hydrogen) atoms. The summed E-state index contributed by atoms with van der Waals surface area (Å²) in [6, 6.07) is 8.77. The quantitative estimate of drug-likeness (QED) is 0.904. The fourth-order valence-corrected chi connectivity index (χ4v) is 1.91. The van der Waals surface area contributed by atoms with E-state index >= 15 is 0 Å². The van der Waals surface area contributed by atoms with Crippen LogP contribution in [0.3, 0.4) is 0 Å². The molecule has 2 N–H and O–H groups in total. The Kier molecular flexibility index (Phi) is 3.87. The predicted octanol–water partition coefficient (Wildman–Crippen LogP) is 3.36. The van der Waals surface area contributed by atoms with E-state index in [1.807, 2.05) is 13.0 Å². The van der Waals surface area contributed by atoms with Gasteiger partial charge in [-0.05, 0) is 24.6 Å². The molecule has 6 heteroatoms. The summed E-state index contributed by atoms with van der Waals surface area (Å²) in [5, 5.41) is 21.1. The van der Waals surface area contributed by atoms with E-state index in [4.69, 9.17) is 22.0 Å². The number of aromatic carboxylic acids is 1. The number of pyridine rings is 1. The third-order valence-corrected chi connectivity index (χ3v) is 3.03. The molecule has 0 aliphatic carbocycles. The summed E-state index contributed by atoms with van der Waals surface area (Å²) in [4.78, 5) is 15.0. The zero-order valence-electron chi connectivity index (χ0n) is 10.5. The Morgan fingerprint density at radius 1 is 1.50 bits per heavy atom. The maximum absolute atomic E-state index is 11.0. The van der Waals surface area contributed by atoms with Crippen molar-refractivity contribution in [2.24, 2.45) is 0 Å². The second-order valence-electron chi connectivity index (χ2n) is 4.09. The van der Waals surface area contributed by atoms with Gasteiger partial charge in [0.15, 0.2) is 0 Å². The standard InChI is InChI=1S/C14H10ClN3O2/c1-8-3-2-4-12(10(8)6-16)18-13-5-9(14(19)20)11(15)7-17-13/h2-5,7H,1H3,(H,17,18)(H,19,20). The number of hydrogen-bond acceptors (Lipinski definition) is 4. The summed E-state index contributed by atoms with van der Waals surface area (Å²) in [6.45, 7) is 1.82. The Bertz CT molecular complexity index is 723. The highest BCUT2D eigenvalue weighted by atomic mass is 35.5. The van der Waals surface area contributed by atoms with E-state index in [1.54, 1.807) is 12.1 Å². The first kappa shape index (κ1) is 13.8. The van der Waals surface area contributed by atoms with Gasteiger partial charge in [0.25, 0.3) is 0 Å². The second-order valence-corrected chi connectivity index (χ2v) is 4.50. The Morgan fingerprint density at radius 2 is 2.25 bits per heavy atom. The molecule has 0 atom stereocenters. The third-order valence-electron chi connectivity index (χ3n) is 2.73. The molecule has 2 aromatic rings. The fraction of sp³-hybridized carbons (Fsp3) is 0.0714. The molecule has 1 aromatic carbocycles. The van der Waals surface area contributed by atoms with Crippen molar-refractivity contribution >= 4 is 29.1 Å². The maximum Gasteiger partial charge on any atom is 0.337 e. The normalized spacial score (nSPS) is 9.85. The van der Waals surface area contributed by atoms with Crippen LogP contribution in [-0.2, 0) is 0 Å². The molecule has 0 bridgehead atoms. The summed E-state index contributed by atoms with van der Waals surface area (Å²) in [7, 11) is 0. The third kappa shape index (κ3) is 2.71. The van der Waals surface area contributed by atoms with Gasteiger partial charge in [-0.3, -0.25) is 0 Å². The topological polar surface area (TPSA) is 86.0 Å². The molecule has 0 aliphatic heterocycles. The van der Waals surface area contributed by atoms with Crippen LogP contribution < -0.4 is 5.32 Å². The van der Waals surface area contributed by atoms with Crippen LogP contribution >= 0.6 is 11.6 Å². The number of rotatable bonds is 3. The number of hydrogen-bond donors (Lipinski definition) is 2. The number of carboxylic acid groups (broad SMARTS) is 1. The van der Waals surface area contributed by atoms with Gasteiger partial charge < -0.3 is 10.4 Å². The average Bonchev–Trinajstić information content (AvgIpc) is 2.41. The van der Waals surface area contributed by atoms with Crippen molar-refractivity contribution in [1.82, 2.24) is 4.98 Å². The summed E-state index contributed by atoms with van der Waals surface area (Å²) in [6.07, 6.45) is 1.26. The number of benzene rings is 1. The van der Waals surface area contributed by atoms with Crippen LogP contribution in [0.25, 0.3) is 0 Å². The number of carbonyl (C=O) groups is 1. The number of nitrogens with zero attached hydrogens (tertiary/aromatic N) is 2. The lowest BCUT2D eigenvalue weighted by Crippen LogP contribution is -2.02. The highest BCUT2D eigenvalue weighted by molar-refractivity contribution is 6.33. The first-order valence-electron chi connectivity index (χ1n) is 5.68. The van der Waals surface area contributed by atoms with Gasteiger partial charge in [-0.1, -0.05) is 23.7 Å². The molecule has 0 saturated carbocycles. The fourth-order valence-electron chi connectivity index (χ4n) is 1.73. The Labute approximate surface area is 120 Å². The molecule has 100 valence electrons. The number of aromatic nitrogens is 1. The number of nitriles is 1. The Balaban J connectivity index is 2.41.